The van der Waals surface area contributed by atoms with E-state index in [2.05, 4.69) is 17.1 Å². The Bertz CT molecular complexity index is 319. The highest BCUT2D eigenvalue weighted by Crippen LogP contribution is 2.21. The minimum absolute atomic E-state index is 0.780. The standard InChI is InChI=1S/C11H20N2S3/c1-2-3-4-5-6-7-8-9-15-11-13-12-10(14)16-11/h2-9H2,1H3,(H,12,14). The molecule has 0 aromatic carbocycles. The van der Waals surface area contributed by atoms with Crippen molar-refractivity contribution in [2.45, 2.75) is 56.2 Å². The second kappa shape index (κ2) is 9.19. The fourth-order valence-electron chi connectivity index (χ4n) is 1.50. The summed E-state index contributed by atoms with van der Waals surface area (Å²) in [7, 11) is 0. The van der Waals surface area contributed by atoms with E-state index in [0.717, 1.165) is 8.29 Å². The van der Waals surface area contributed by atoms with Crippen LogP contribution in [0.5, 0.6) is 0 Å². The Hall–Kier alpha value is 0.130. The van der Waals surface area contributed by atoms with E-state index in [9.17, 15) is 0 Å². The molecule has 0 bridgehead atoms. The van der Waals surface area contributed by atoms with Gasteiger partial charge in [0.1, 0.15) is 0 Å². The van der Waals surface area contributed by atoms with Crippen LogP contribution in [0.4, 0.5) is 0 Å². The molecule has 2 nitrogen and oxygen atoms in total. The predicted octanol–water partition coefficient (Wildman–Crippen LogP) is 5.04. The van der Waals surface area contributed by atoms with Gasteiger partial charge in [0.25, 0.3) is 0 Å². The lowest BCUT2D eigenvalue weighted by Gasteiger charge is -1.99. The van der Waals surface area contributed by atoms with Gasteiger partial charge in [-0.1, -0.05) is 68.5 Å². The topological polar surface area (TPSA) is 28.7 Å². The average Bonchev–Trinajstić information content (AvgIpc) is 2.68. The highest BCUT2D eigenvalue weighted by atomic mass is 32.2. The van der Waals surface area contributed by atoms with Gasteiger partial charge in [-0.25, -0.2) is 0 Å². The third-order valence-corrected chi connectivity index (χ3v) is 4.71. The molecule has 0 saturated carbocycles. The second-order valence-electron chi connectivity index (χ2n) is 3.85. The molecule has 0 aliphatic carbocycles. The maximum Gasteiger partial charge on any atom is 0.177 e. The summed E-state index contributed by atoms with van der Waals surface area (Å²) in [5, 5.41) is 6.93. The Morgan fingerprint density at radius 1 is 1.19 bits per heavy atom. The summed E-state index contributed by atoms with van der Waals surface area (Å²) in [5.74, 6) is 1.17. The number of aromatic amines is 1. The molecule has 1 aromatic rings. The molecular weight excluding hydrogens is 256 g/mol. The Labute approximate surface area is 111 Å². The number of thioether (sulfide) groups is 1. The average molecular weight is 276 g/mol. The largest absolute Gasteiger partial charge is 0.257 e. The van der Waals surface area contributed by atoms with E-state index in [-0.39, 0.29) is 0 Å². The molecule has 0 fully saturated rings. The van der Waals surface area contributed by atoms with Crippen molar-refractivity contribution in [2.75, 3.05) is 5.75 Å². The Morgan fingerprint density at radius 2 is 1.88 bits per heavy atom. The molecule has 0 unspecified atom stereocenters. The summed E-state index contributed by atoms with van der Waals surface area (Å²) in [5.41, 5.74) is 0. The number of hydrogen-bond donors (Lipinski definition) is 1. The van der Waals surface area contributed by atoms with E-state index in [1.165, 1.54) is 50.7 Å². The summed E-state index contributed by atoms with van der Waals surface area (Å²) >= 11 is 8.37. The normalized spacial score (nSPS) is 10.8. The van der Waals surface area contributed by atoms with Crippen LogP contribution in [0.3, 0.4) is 0 Å². The van der Waals surface area contributed by atoms with Crippen molar-refractivity contribution >= 4 is 35.3 Å². The molecule has 16 heavy (non-hydrogen) atoms. The van der Waals surface area contributed by atoms with E-state index < -0.39 is 0 Å². The number of rotatable bonds is 9. The second-order valence-corrected chi connectivity index (χ2v) is 6.86. The third-order valence-electron chi connectivity index (χ3n) is 2.39. The van der Waals surface area contributed by atoms with Gasteiger partial charge in [0.15, 0.2) is 8.29 Å². The SMILES string of the molecule is CCCCCCCCCSc1n[nH]c(=S)s1. The zero-order valence-electron chi connectivity index (χ0n) is 9.83. The molecule has 0 spiro atoms. The lowest BCUT2D eigenvalue weighted by molar-refractivity contribution is 0.603. The lowest BCUT2D eigenvalue weighted by atomic mass is 10.1. The molecule has 1 heterocycles. The number of hydrogen-bond acceptors (Lipinski definition) is 4. The highest BCUT2D eigenvalue weighted by molar-refractivity contribution is 8.01. The number of nitrogens with one attached hydrogen (secondary N) is 1. The zero-order valence-corrected chi connectivity index (χ0v) is 12.3. The van der Waals surface area contributed by atoms with Crippen molar-refractivity contribution in [1.82, 2.24) is 10.2 Å². The van der Waals surface area contributed by atoms with Gasteiger partial charge in [0.05, 0.1) is 0 Å². The van der Waals surface area contributed by atoms with E-state index in [0.29, 0.717) is 0 Å². The fraction of sp³-hybridized carbons (Fsp3) is 0.818. The molecule has 1 rings (SSSR count). The summed E-state index contributed by atoms with van der Waals surface area (Å²) in [6.07, 6.45) is 9.57. The molecular formula is C11H20N2S3. The van der Waals surface area contributed by atoms with Crippen molar-refractivity contribution in [3.8, 4) is 0 Å². The molecule has 92 valence electrons. The molecule has 1 aromatic heterocycles. The molecule has 0 radical (unpaired) electrons. The van der Waals surface area contributed by atoms with Crippen LogP contribution >= 0.6 is 35.3 Å². The van der Waals surface area contributed by atoms with Gasteiger partial charge >= 0.3 is 0 Å². The molecule has 0 saturated heterocycles. The van der Waals surface area contributed by atoms with E-state index in [1.54, 1.807) is 11.3 Å². The van der Waals surface area contributed by atoms with Crippen molar-refractivity contribution < 1.29 is 0 Å². The Kier molecular flexibility index (Phi) is 8.15. The zero-order chi connectivity index (χ0) is 11.6. The monoisotopic (exact) mass is 276 g/mol. The van der Waals surface area contributed by atoms with Gasteiger partial charge in [-0.05, 0) is 18.6 Å². The van der Waals surface area contributed by atoms with Crippen molar-refractivity contribution in [2.24, 2.45) is 0 Å². The first kappa shape index (κ1) is 14.2. The smallest absolute Gasteiger partial charge is 0.177 e. The highest BCUT2D eigenvalue weighted by Gasteiger charge is 1.98. The van der Waals surface area contributed by atoms with Gasteiger partial charge in [0, 0.05) is 5.75 Å². The lowest BCUT2D eigenvalue weighted by Crippen LogP contribution is -1.82. The van der Waals surface area contributed by atoms with Gasteiger partial charge < -0.3 is 0 Å². The van der Waals surface area contributed by atoms with Gasteiger partial charge in [-0.3, -0.25) is 5.10 Å². The summed E-state index contributed by atoms with van der Waals surface area (Å²) in [6, 6.07) is 0. The Balaban J connectivity index is 1.90. The third kappa shape index (κ3) is 6.66. The number of H-pyrrole nitrogens is 1. The maximum absolute atomic E-state index is 4.98. The molecule has 0 aliphatic heterocycles. The van der Waals surface area contributed by atoms with Crippen molar-refractivity contribution in [1.29, 1.82) is 0 Å². The van der Waals surface area contributed by atoms with E-state index >= 15 is 0 Å². The minimum Gasteiger partial charge on any atom is -0.257 e. The predicted molar refractivity (Wildman–Crippen MR) is 76.0 cm³/mol. The summed E-state index contributed by atoms with van der Waals surface area (Å²) in [6.45, 7) is 2.26. The van der Waals surface area contributed by atoms with Crippen LogP contribution in [0.1, 0.15) is 51.9 Å². The quantitative estimate of drug-likeness (QED) is 0.389. The van der Waals surface area contributed by atoms with Gasteiger partial charge in [-0.15, -0.1) is 0 Å². The van der Waals surface area contributed by atoms with Crippen LogP contribution in [-0.4, -0.2) is 16.0 Å². The number of aromatic nitrogens is 2. The first-order valence-electron chi connectivity index (χ1n) is 6.01. The van der Waals surface area contributed by atoms with Crippen LogP contribution in [0.15, 0.2) is 4.34 Å². The van der Waals surface area contributed by atoms with Crippen LogP contribution < -0.4 is 0 Å². The first-order chi connectivity index (χ1) is 7.83. The molecule has 0 atom stereocenters. The fourth-order valence-corrected chi connectivity index (χ4v) is 3.65. The van der Waals surface area contributed by atoms with E-state index in [1.807, 2.05) is 11.8 Å². The van der Waals surface area contributed by atoms with Crippen LogP contribution in [0.2, 0.25) is 0 Å². The first-order valence-corrected chi connectivity index (χ1v) is 8.22. The molecule has 1 N–H and O–H groups in total. The molecule has 5 heteroatoms. The Morgan fingerprint density at radius 3 is 2.50 bits per heavy atom. The maximum atomic E-state index is 4.98. The molecule has 0 aliphatic rings. The number of unbranched alkanes of at least 4 members (excludes halogenated alkanes) is 6. The van der Waals surface area contributed by atoms with Crippen LogP contribution in [0.25, 0.3) is 0 Å². The molecule has 0 amide bonds. The summed E-state index contributed by atoms with van der Waals surface area (Å²) in [4.78, 5) is 0. The summed E-state index contributed by atoms with van der Waals surface area (Å²) < 4.78 is 1.86. The van der Waals surface area contributed by atoms with Crippen molar-refractivity contribution in [3.63, 3.8) is 0 Å². The van der Waals surface area contributed by atoms with E-state index in [4.69, 9.17) is 12.2 Å². The van der Waals surface area contributed by atoms with Gasteiger partial charge in [0.2, 0.25) is 0 Å². The van der Waals surface area contributed by atoms with Gasteiger partial charge in [-0.2, -0.15) is 5.10 Å². The van der Waals surface area contributed by atoms with Crippen LogP contribution in [0, 0.1) is 3.95 Å². The minimum atomic E-state index is 0.780. The van der Waals surface area contributed by atoms with Crippen molar-refractivity contribution in [3.05, 3.63) is 3.95 Å². The van der Waals surface area contributed by atoms with Crippen LogP contribution in [-0.2, 0) is 0 Å². The number of nitrogens with zero attached hydrogens (tertiary/aromatic N) is 1.